The van der Waals surface area contributed by atoms with E-state index in [2.05, 4.69) is 4.74 Å². The van der Waals surface area contributed by atoms with Gasteiger partial charge in [0.25, 0.3) is 0 Å². The molecule has 10 atom stereocenters. The van der Waals surface area contributed by atoms with Crippen LogP contribution in [-0.2, 0) is 33.2 Å². The summed E-state index contributed by atoms with van der Waals surface area (Å²) >= 11 is 0. The van der Waals surface area contributed by atoms with Crippen LogP contribution in [-0.4, -0.2) is 95.5 Å². The number of hydrogen-bond acceptors (Lipinski definition) is 12. The van der Waals surface area contributed by atoms with E-state index in [9.17, 15) is 30.0 Å². The van der Waals surface area contributed by atoms with Gasteiger partial charge in [0, 0.05) is 12.3 Å². The number of aliphatic hydroxyl groups is 4. The van der Waals surface area contributed by atoms with Gasteiger partial charge in [-0.05, 0) is 13.8 Å². The maximum Gasteiger partial charge on any atom is 0.508 e. The van der Waals surface area contributed by atoms with Crippen molar-refractivity contribution in [1.82, 2.24) is 0 Å². The molecular formula is C19H28O12. The van der Waals surface area contributed by atoms with E-state index in [1.807, 2.05) is 0 Å². The Morgan fingerprint density at radius 1 is 1.06 bits per heavy atom. The fourth-order valence-electron chi connectivity index (χ4n) is 4.48. The zero-order valence-electron chi connectivity index (χ0n) is 17.5. The molecule has 176 valence electrons. The molecule has 3 rings (SSSR count). The Hall–Kier alpha value is -1.96. The molecule has 2 aliphatic heterocycles. The van der Waals surface area contributed by atoms with Crippen LogP contribution in [0, 0.1) is 11.8 Å². The number of hydrogen-bond donors (Lipinski definition) is 4. The second kappa shape index (κ2) is 8.88. The molecule has 4 unspecified atom stereocenters. The number of carbonyl (C=O) groups excluding carboxylic acids is 2. The highest BCUT2D eigenvalue weighted by Gasteiger charge is 2.62. The van der Waals surface area contributed by atoms with Gasteiger partial charge in [0.2, 0.25) is 6.29 Å². The van der Waals surface area contributed by atoms with Crippen molar-refractivity contribution in [2.75, 3.05) is 14.2 Å². The zero-order valence-corrected chi connectivity index (χ0v) is 17.5. The molecule has 0 radical (unpaired) electrons. The number of rotatable bonds is 4. The summed E-state index contributed by atoms with van der Waals surface area (Å²) < 4.78 is 31.5. The quantitative estimate of drug-likeness (QED) is 0.379. The lowest BCUT2D eigenvalue weighted by Crippen LogP contribution is -2.59. The van der Waals surface area contributed by atoms with E-state index in [1.165, 1.54) is 21.0 Å². The fraction of sp³-hybridized carbons (Fsp3) is 0.789. The molecule has 1 saturated carbocycles. The second-order valence-electron chi connectivity index (χ2n) is 8.08. The Balaban J connectivity index is 1.93. The first kappa shape index (κ1) is 23.7. The van der Waals surface area contributed by atoms with Gasteiger partial charge in [-0.2, -0.15) is 0 Å². The first-order valence-electron chi connectivity index (χ1n) is 9.78. The first-order valence-corrected chi connectivity index (χ1v) is 9.78. The van der Waals surface area contributed by atoms with Gasteiger partial charge in [0.05, 0.1) is 44.2 Å². The normalized spacial score (nSPS) is 44.5. The number of ether oxygens (including phenoxy) is 6. The third-order valence-corrected chi connectivity index (χ3v) is 6.08. The minimum atomic E-state index is -1.61. The Bertz CT molecular complexity index is 725. The summed E-state index contributed by atoms with van der Waals surface area (Å²) in [6.07, 6.45) is -9.15. The average Bonchev–Trinajstić information content (AvgIpc) is 3.00. The van der Waals surface area contributed by atoms with Crippen LogP contribution >= 0.6 is 0 Å². The van der Waals surface area contributed by atoms with Gasteiger partial charge in [-0.3, -0.25) is 0 Å². The van der Waals surface area contributed by atoms with E-state index < -0.39 is 72.7 Å². The van der Waals surface area contributed by atoms with Crippen LogP contribution in [0.3, 0.4) is 0 Å². The molecule has 1 saturated heterocycles. The molecule has 2 fully saturated rings. The number of methoxy groups -OCH3 is 2. The van der Waals surface area contributed by atoms with Gasteiger partial charge in [-0.15, -0.1) is 0 Å². The molecule has 31 heavy (non-hydrogen) atoms. The van der Waals surface area contributed by atoms with Crippen molar-refractivity contribution >= 4 is 12.1 Å². The lowest BCUT2D eigenvalue weighted by molar-refractivity contribution is -0.341. The molecule has 3 aliphatic rings. The van der Waals surface area contributed by atoms with Gasteiger partial charge in [-0.25, -0.2) is 9.59 Å². The van der Waals surface area contributed by atoms with Crippen LogP contribution in [0.25, 0.3) is 0 Å². The van der Waals surface area contributed by atoms with E-state index in [-0.39, 0.29) is 12.0 Å². The minimum Gasteiger partial charge on any atom is -0.471 e. The van der Waals surface area contributed by atoms with Crippen LogP contribution < -0.4 is 0 Å². The van der Waals surface area contributed by atoms with Crippen LogP contribution in [0.15, 0.2) is 11.8 Å². The van der Waals surface area contributed by atoms with E-state index in [4.69, 9.17) is 23.7 Å². The van der Waals surface area contributed by atoms with Gasteiger partial charge >= 0.3 is 12.1 Å². The Morgan fingerprint density at radius 3 is 2.35 bits per heavy atom. The molecule has 12 nitrogen and oxygen atoms in total. The smallest absolute Gasteiger partial charge is 0.471 e. The van der Waals surface area contributed by atoms with Crippen LogP contribution in [0.2, 0.25) is 0 Å². The minimum absolute atomic E-state index is 0.0194. The summed E-state index contributed by atoms with van der Waals surface area (Å²) in [5.74, 6) is -2.57. The third kappa shape index (κ3) is 4.23. The maximum atomic E-state index is 12.2. The van der Waals surface area contributed by atoms with Gasteiger partial charge < -0.3 is 48.8 Å². The fourth-order valence-corrected chi connectivity index (χ4v) is 4.48. The molecular weight excluding hydrogens is 420 g/mol. The topological polar surface area (TPSA) is 170 Å². The van der Waals surface area contributed by atoms with E-state index in [0.717, 1.165) is 13.4 Å². The maximum absolute atomic E-state index is 12.2. The Kier molecular flexibility index (Phi) is 6.79. The Labute approximate surface area is 178 Å². The summed E-state index contributed by atoms with van der Waals surface area (Å²) in [6.45, 7) is 3.01. The highest BCUT2D eigenvalue weighted by Crippen LogP contribution is 2.51. The third-order valence-electron chi connectivity index (χ3n) is 6.08. The summed E-state index contributed by atoms with van der Waals surface area (Å²) in [4.78, 5) is 24.1. The monoisotopic (exact) mass is 448 g/mol. The van der Waals surface area contributed by atoms with Crippen molar-refractivity contribution in [3.8, 4) is 0 Å². The largest absolute Gasteiger partial charge is 0.508 e. The van der Waals surface area contributed by atoms with E-state index in [0.29, 0.717) is 0 Å². The van der Waals surface area contributed by atoms with Gasteiger partial charge in [0.1, 0.15) is 23.9 Å². The van der Waals surface area contributed by atoms with E-state index >= 15 is 0 Å². The van der Waals surface area contributed by atoms with Crippen molar-refractivity contribution in [2.24, 2.45) is 11.8 Å². The number of aliphatic hydroxyl groups excluding tert-OH is 4. The molecule has 0 aromatic carbocycles. The summed E-state index contributed by atoms with van der Waals surface area (Å²) in [7, 11) is 2.30. The molecule has 0 aromatic heterocycles. The highest BCUT2D eigenvalue weighted by molar-refractivity contribution is 5.89. The molecule has 0 aromatic rings. The predicted molar refractivity (Wildman–Crippen MR) is 97.9 cm³/mol. The zero-order chi connectivity index (χ0) is 23.1. The van der Waals surface area contributed by atoms with Gasteiger partial charge in [-0.1, -0.05) is 0 Å². The molecule has 2 heterocycles. The van der Waals surface area contributed by atoms with Crippen LogP contribution in [0.5, 0.6) is 0 Å². The lowest BCUT2D eigenvalue weighted by atomic mass is 9.80. The van der Waals surface area contributed by atoms with Crippen molar-refractivity contribution in [3.05, 3.63) is 11.8 Å². The number of fused-ring (bicyclic) bond motifs is 1. The molecule has 0 spiro atoms. The first-order chi connectivity index (χ1) is 14.5. The Morgan fingerprint density at radius 2 is 1.74 bits per heavy atom. The molecule has 0 amide bonds. The lowest BCUT2D eigenvalue weighted by Gasteiger charge is -2.44. The molecule has 12 heteroatoms. The summed E-state index contributed by atoms with van der Waals surface area (Å²) in [6, 6.07) is 0. The van der Waals surface area contributed by atoms with Crippen molar-refractivity contribution in [2.45, 2.75) is 69.0 Å². The van der Waals surface area contributed by atoms with Crippen LogP contribution in [0.1, 0.15) is 20.3 Å². The van der Waals surface area contributed by atoms with Gasteiger partial charge in [0.15, 0.2) is 6.29 Å². The molecule has 4 N–H and O–H groups in total. The van der Waals surface area contributed by atoms with Crippen molar-refractivity contribution < 1.29 is 58.4 Å². The average molecular weight is 448 g/mol. The molecule has 0 bridgehead atoms. The predicted octanol–water partition coefficient (Wildman–Crippen LogP) is -1.22. The van der Waals surface area contributed by atoms with Crippen molar-refractivity contribution in [1.29, 1.82) is 0 Å². The highest BCUT2D eigenvalue weighted by atomic mass is 16.8. The number of carbonyl (C=O) groups is 2. The number of esters is 1. The van der Waals surface area contributed by atoms with E-state index in [1.54, 1.807) is 0 Å². The SMILES string of the molecule is COC(=O)O[C@@]1(C)C[C@@H](O)[C@@H]2C(C(=O)OC)=CO[C@@H](O[C@H]3OC(C)C(O)C(O)C3O)[C@@H]21. The second-order valence-corrected chi connectivity index (χ2v) is 8.08. The standard InChI is InChI=1S/C19H28O12/c1-7-12(21)13(22)14(23)17(29-7)30-16-11-10(8(6-28-16)15(24)26-3)9(20)5-19(11,2)31-18(25)27-4/h6-7,9-14,16-17,20-23H,5H2,1-4H3/t7?,9-,10+,11-,12?,13?,14?,16+,17-,19+/m1/s1. The summed E-state index contributed by atoms with van der Waals surface area (Å²) in [5.41, 5.74) is -1.37. The molecule has 1 aliphatic carbocycles. The van der Waals surface area contributed by atoms with Crippen LogP contribution in [0.4, 0.5) is 4.79 Å². The summed E-state index contributed by atoms with van der Waals surface area (Å²) in [5, 5.41) is 40.9. The van der Waals surface area contributed by atoms with Crippen molar-refractivity contribution in [3.63, 3.8) is 0 Å².